The lowest BCUT2D eigenvalue weighted by molar-refractivity contribution is -0.137. The number of benzene rings is 5. The van der Waals surface area contributed by atoms with E-state index in [0.717, 1.165) is 50.4 Å². The van der Waals surface area contributed by atoms with Gasteiger partial charge in [-0.3, -0.25) is 0 Å². The Balaban J connectivity index is 1.87. The van der Waals surface area contributed by atoms with E-state index < -0.39 is 18.4 Å². The topological polar surface area (TPSA) is 9.23 Å². The summed E-state index contributed by atoms with van der Waals surface area (Å²) >= 11 is 0. The Morgan fingerprint density at radius 2 is 1.18 bits per heavy atom. The number of halogens is 4. The van der Waals surface area contributed by atoms with E-state index in [2.05, 4.69) is 0 Å². The first-order valence-electron chi connectivity index (χ1n) is 10.8. The highest BCUT2D eigenvalue weighted by Gasteiger charge is 2.30. The molecule has 0 aliphatic rings. The SMILES string of the molecule is COc1ccc2c(-c3ccc(CF)cc3)c3ccccc3c(-c3ccc(C(F)(F)F)cc3)c2c1. The lowest BCUT2D eigenvalue weighted by Crippen LogP contribution is -2.04. The molecule has 0 N–H and O–H groups in total. The Morgan fingerprint density at radius 3 is 1.71 bits per heavy atom. The summed E-state index contributed by atoms with van der Waals surface area (Å²) in [5, 5.41) is 3.67. The van der Waals surface area contributed by atoms with E-state index in [-0.39, 0.29) is 0 Å². The summed E-state index contributed by atoms with van der Waals surface area (Å²) < 4.78 is 58.1. The summed E-state index contributed by atoms with van der Waals surface area (Å²) in [6.07, 6.45) is -4.40. The molecule has 5 heteroatoms. The third-order valence-corrected chi connectivity index (χ3v) is 6.13. The van der Waals surface area contributed by atoms with Gasteiger partial charge in [0.05, 0.1) is 12.7 Å². The second-order valence-corrected chi connectivity index (χ2v) is 8.11. The van der Waals surface area contributed by atoms with Crippen molar-refractivity contribution >= 4 is 21.5 Å². The summed E-state index contributed by atoms with van der Waals surface area (Å²) in [6.45, 7) is -0.536. The molecule has 5 rings (SSSR count). The van der Waals surface area contributed by atoms with Crippen LogP contribution in [0.4, 0.5) is 17.6 Å². The van der Waals surface area contributed by atoms with Gasteiger partial charge in [-0.15, -0.1) is 0 Å². The number of alkyl halides is 4. The van der Waals surface area contributed by atoms with Gasteiger partial charge in [-0.25, -0.2) is 4.39 Å². The molecular formula is C29H20F4O. The van der Waals surface area contributed by atoms with Gasteiger partial charge in [0.15, 0.2) is 0 Å². The van der Waals surface area contributed by atoms with Crippen LogP contribution in [0.15, 0.2) is 91.0 Å². The Kier molecular flexibility index (Phi) is 5.48. The molecular weight excluding hydrogens is 440 g/mol. The van der Waals surface area contributed by atoms with Crippen molar-refractivity contribution < 1.29 is 22.3 Å². The van der Waals surface area contributed by atoms with Crippen molar-refractivity contribution in [1.82, 2.24) is 0 Å². The van der Waals surface area contributed by atoms with Crippen LogP contribution in [-0.4, -0.2) is 7.11 Å². The fraction of sp³-hybridized carbons (Fsp3) is 0.103. The van der Waals surface area contributed by atoms with Crippen molar-refractivity contribution in [3.8, 4) is 28.0 Å². The number of fused-ring (bicyclic) bond motifs is 2. The Bertz CT molecular complexity index is 1480. The lowest BCUT2D eigenvalue weighted by Gasteiger charge is -2.19. The number of hydrogen-bond acceptors (Lipinski definition) is 1. The van der Waals surface area contributed by atoms with E-state index in [1.165, 1.54) is 12.1 Å². The number of methoxy groups -OCH3 is 1. The van der Waals surface area contributed by atoms with E-state index in [1.807, 2.05) is 54.6 Å². The minimum Gasteiger partial charge on any atom is -0.497 e. The Hall–Kier alpha value is -3.86. The third kappa shape index (κ3) is 3.77. The zero-order chi connectivity index (χ0) is 23.9. The van der Waals surface area contributed by atoms with E-state index in [1.54, 1.807) is 19.2 Å². The lowest BCUT2D eigenvalue weighted by atomic mass is 9.85. The molecule has 0 heterocycles. The number of ether oxygens (including phenoxy) is 1. The maximum atomic E-state index is 13.2. The van der Waals surface area contributed by atoms with Crippen LogP contribution in [0.5, 0.6) is 5.75 Å². The highest BCUT2D eigenvalue weighted by molar-refractivity contribution is 6.21. The maximum Gasteiger partial charge on any atom is 0.416 e. The largest absolute Gasteiger partial charge is 0.497 e. The molecule has 0 amide bonds. The molecule has 0 saturated carbocycles. The number of hydrogen-bond donors (Lipinski definition) is 0. The van der Waals surface area contributed by atoms with Crippen molar-refractivity contribution in [3.05, 3.63) is 102 Å². The van der Waals surface area contributed by atoms with Crippen LogP contribution in [0, 0.1) is 0 Å². The van der Waals surface area contributed by atoms with Crippen molar-refractivity contribution in [2.75, 3.05) is 7.11 Å². The van der Waals surface area contributed by atoms with Gasteiger partial charge in [0.1, 0.15) is 12.4 Å². The van der Waals surface area contributed by atoms with Crippen LogP contribution in [0.1, 0.15) is 11.1 Å². The standard InChI is InChI=1S/C29H20F4O/c1-34-22-14-15-25-26(16-22)28(20-10-12-21(13-11-20)29(31,32)33)24-5-3-2-4-23(24)27(25)19-8-6-18(17-30)7-9-19/h2-16H,17H2,1H3. The third-order valence-electron chi connectivity index (χ3n) is 6.13. The van der Waals surface area contributed by atoms with Crippen molar-refractivity contribution in [2.45, 2.75) is 12.9 Å². The van der Waals surface area contributed by atoms with Crippen LogP contribution >= 0.6 is 0 Å². The average Bonchev–Trinajstić information content (AvgIpc) is 2.86. The monoisotopic (exact) mass is 460 g/mol. The molecule has 0 spiro atoms. The highest BCUT2D eigenvalue weighted by Crippen LogP contribution is 2.45. The summed E-state index contributed by atoms with van der Waals surface area (Å²) in [7, 11) is 1.58. The van der Waals surface area contributed by atoms with Crippen LogP contribution in [0.2, 0.25) is 0 Å². The molecule has 0 aromatic heterocycles. The molecule has 0 bridgehead atoms. The Morgan fingerprint density at radius 1 is 0.647 bits per heavy atom. The van der Waals surface area contributed by atoms with Crippen molar-refractivity contribution in [1.29, 1.82) is 0 Å². The predicted molar refractivity (Wildman–Crippen MR) is 129 cm³/mol. The molecule has 34 heavy (non-hydrogen) atoms. The van der Waals surface area contributed by atoms with Gasteiger partial charge in [-0.1, -0.05) is 66.7 Å². The van der Waals surface area contributed by atoms with Gasteiger partial charge in [0, 0.05) is 0 Å². The quantitative estimate of drug-likeness (QED) is 0.192. The van der Waals surface area contributed by atoms with Crippen LogP contribution in [-0.2, 0) is 12.9 Å². The van der Waals surface area contributed by atoms with Crippen LogP contribution < -0.4 is 4.74 Å². The first kappa shape index (κ1) is 22.0. The number of rotatable bonds is 4. The Labute approximate surface area is 194 Å². The van der Waals surface area contributed by atoms with Gasteiger partial charge in [0.25, 0.3) is 0 Å². The van der Waals surface area contributed by atoms with Crippen molar-refractivity contribution in [3.63, 3.8) is 0 Å². The summed E-state index contributed by atoms with van der Waals surface area (Å²) in [5.74, 6) is 0.648. The van der Waals surface area contributed by atoms with E-state index in [4.69, 9.17) is 4.74 Å². The molecule has 170 valence electrons. The molecule has 5 aromatic rings. The molecule has 0 fully saturated rings. The molecule has 0 saturated heterocycles. The molecule has 0 aliphatic heterocycles. The first-order chi connectivity index (χ1) is 16.4. The maximum absolute atomic E-state index is 13.2. The summed E-state index contributed by atoms with van der Waals surface area (Å²) in [5.41, 5.74) is 3.34. The van der Waals surface area contributed by atoms with Crippen LogP contribution in [0.25, 0.3) is 43.8 Å². The first-order valence-corrected chi connectivity index (χ1v) is 10.8. The smallest absolute Gasteiger partial charge is 0.416 e. The predicted octanol–water partition coefficient (Wildman–Crippen LogP) is 8.82. The van der Waals surface area contributed by atoms with Gasteiger partial charge >= 0.3 is 6.18 Å². The molecule has 5 aromatic carbocycles. The van der Waals surface area contributed by atoms with Gasteiger partial charge < -0.3 is 4.74 Å². The van der Waals surface area contributed by atoms with E-state index >= 15 is 0 Å². The normalized spacial score (nSPS) is 11.8. The van der Waals surface area contributed by atoms with Gasteiger partial charge in [-0.05, 0) is 73.6 Å². The second kappa shape index (κ2) is 8.49. The summed E-state index contributed by atoms with van der Waals surface area (Å²) in [4.78, 5) is 0. The van der Waals surface area contributed by atoms with Crippen molar-refractivity contribution in [2.24, 2.45) is 0 Å². The summed E-state index contributed by atoms with van der Waals surface area (Å²) in [6, 6.07) is 26.2. The molecule has 1 nitrogen and oxygen atoms in total. The minimum atomic E-state index is -4.40. The molecule has 0 atom stereocenters. The zero-order valence-corrected chi connectivity index (χ0v) is 18.3. The highest BCUT2D eigenvalue weighted by atomic mass is 19.4. The zero-order valence-electron chi connectivity index (χ0n) is 18.3. The van der Waals surface area contributed by atoms with E-state index in [9.17, 15) is 17.6 Å². The molecule has 0 aliphatic carbocycles. The fourth-order valence-corrected chi connectivity index (χ4v) is 4.49. The minimum absolute atomic E-state index is 0.536. The van der Waals surface area contributed by atoms with Crippen LogP contribution in [0.3, 0.4) is 0 Å². The second-order valence-electron chi connectivity index (χ2n) is 8.11. The molecule has 0 radical (unpaired) electrons. The van der Waals surface area contributed by atoms with Gasteiger partial charge in [-0.2, -0.15) is 13.2 Å². The average molecular weight is 460 g/mol. The van der Waals surface area contributed by atoms with Gasteiger partial charge in [0.2, 0.25) is 0 Å². The molecule has 0 unspecified atom stereocenters. The van der Waals surface area contributed by atoms with E-state index in [0.29, 0.717) is 16.9 Å². The fourth-order valence-electron chi connectivity index (χ4n) is 4.49.